The zero-order valence-electron chi connectivity index (χ0n) is 20.0. The summed E-state index contributed by atoms with van der Waals surface area (Å²) in [6, 6.07) is 14.0. The van der Waals surface area contributed by atoms with Gasteiger partial charge in [-0.05, 0) is 56.5 Å². The molecule has 4 rings (SSSR count). The van der Waals surface area contributed by atoms with E-state index >= 15 is 0 Å². The van der Waals surface area contributed by atoms with Gasteiger partial charge in [0.2, 0.25) is 5.91 Å². The number of thioether (sulfide) groups is 1. The third-order valence-electron chi connectivity index (χ3n) is 6.11. The van der Waals surface area contributed by atoms with Crippen LogP contribution in [0.2, 0.25) is 0 Å². The highest BCUT2D eigenvalue weighted by molar-refractivity contribution is 8.15. The Kier molecular flexibility index (Phi) is 8.07. The van der Waals surface area contributed by atoms with E-state index in [-0.39, 0.29) is 30.2 Å². The third-order valence-corrected chi connectivity index (χ3v) is 7.32. The minimum absolute atomic E-state index is 0.0585. The third kappa shape index (κ3) is 6.22. The molecule has 184 valence electrons. The van der Waals surface area contributed by atoms with Crippen LogP contribution in [0.3, 0.4) is 0 Å². The summed E-state index contributed by atoms with van der Waals surface area (Å²) in [5.41, 5.74) is 1.93. The first-order valence-electron chi connectivity index (χ1n) is 11.8. The highest BCUT2D eigenvalue weighted by atomic mass is 32.2. The Labute approximate surface area is 209 Å². The maximum Gasteiger partial charge on any atom is 0.262 e. The quantitative estimate of drug-likeness (QED) is 0.604. The van der Waals surface area contributed by atoms with E-state index in [2.05, 4.69) is 20.5 Å². The number of hydrogen-bond acceptors (Lipinski definition) is 6. The van der Waals surface area contributed by atoms with Crippen molar-refractivity contribution in [1.29, 1.82) is 0 Å². The van der Waals surface area contributed by atoms with Crippen LogP contribution in [0, 0.1) is 0 Å². The topological polar surface area (TPSA) is 100 Å². The summed E-state index contributed by atoms with van der Waals surface area (Å²) in [7, 11) is 1.60. The summed E-state index contributed by atoms with van der Waals surface area (Å²) in [4.78, 5) is 43.9. The second-order valence-corrected chi connectivity index (χ2v) is 9.82. The largest absolute Gasteiger partial charge is 0.496 e. The van der Waals surface area contributed by atoms with Crippen LogP contribution in [-0.2, 0) is 9.59 Å². The van der Waals surface area contributed by atoms with Gasteiger partial charge in [0.15, 0.2) is 5.17 Å². The number of carbonyl (C=O) groups is 3. The van der Waals surface area contributed by atoms with Gasteiger partial charge in [0.05, 0.1) is 13.2 Å². The molecule has 2 N–H and O–H groups in total. The van der Waals surface area contributed by atoms with Crippen molar-refractivity contribution >= 4 is 40.3 Å². The van der Waals surface area contributed by atoms with Crippen molar-refractivity contribution in [2.45, 2.75) is 43.9 Å². The van der Waals surface area contributed by atoms with Crippen LogP contribution in [0.1, 0.15) is 54.6 Å². The molecule has 0 saturated carbocycles. The minimum Gasteiger partial charge on any atom is -0.496 e. The molecule has 0 bridgehead atoms. The number of ether oxygens (including phenoxy) is 1. The number of amidine groups is 1. The fraction of sp³-hybridized carbons (Fsp3) is 0.385. The van der Waals surface area contributed by atoms with Crippen LogP contribution in [0.15, 0.2) is 53.5 Å². The Morgan fingerprint density at radius 2 is 1.83 bits per heavy atom. The standard InChI is InChI=1S/C26H30N4O4S/c1-17(20-8-4-5-9-21(20)34-2)27-24(32)18-10-12-19(13-11-18)28-23(31)16-22-25(33)29-26(35-22)30-14-6-3-7-15-30/h4-5,8-13,17,22H,3,6-7,14-16H2,1-2H3,(H,27,32)(H,28,31)/t17-,22+/m1/s1. The molecule has 2 atom stereocenters. The van der Waals surface area contributed by atoms with Crippen LogP contribution in [0.4, 0.5) is 5.69 Å². The molecule has 2 heterocycles. The van der Waals surface area contributed by atoms with E-state index in [0.29, 0.717) is 17.0 Å². The van der Waals surface area contributed by atoms with Crippen molar-refractivity contribution in [2.75, 3.05) is 25.5 Å². The van der Waals surface area contributed by atoms with E-state index in [4.69, 9.17) is 4.74 Å². The van der Waals surface area contributed by atoms with Gasteiger partial charge in [-0.3, -0.25) is 14.4 Å². The van der Waals surface area contributed by atoms with Crippen molar-refractivity contribution in [3.8, 4) is 5.75 Å². The Balaban J connectivity index is 1.28. The van der Waals surface area contributed by atoms with Crippen LogP contribution < -0.4 is 15.4 Å². The van der Waals surface area contributed by atoms with E-state index < -0.39 is 5.25 Å². The van der Waals surface area contributed by atoms with Gasteiger partial charge in [0, 0.05) is 36.3 Å². The molecule has 0 aromatic heterocycles. The molecular formula is C26H30N4O4S. The number of likely N-dealkylation sites (tertiary alicyclic amines) is 1. The Morgan fingerprint density at radius 1 is 1.11 bits per heavy atom. The van der Waals surface area contributed by atoms with Crippen LogP contribution in [0.25, 0.3) is 0 Å². The maximum absolute atomic E-state index is 12.7. The van der Waals surface area contributed by atoms with Gasteiger partial charge in [0.1, 0.15) is 11.0 Å². The highest BCUT2D eigenvalue weighted by Gasteiger charge is 2.33. The van der Waals surface area contributed by atoms with Crippen LogP contribution in [0.5, 0.6) is 5.75 Å². The number of nitrogens with one attached hydrogen (secondary N) is 2. The second kappa shape index (κ2) is 11.4. The lowest BCUT2D eigenvalue weighted by molar-refractivity contribution is -0.121. The van der Waals surface area contributed by atoms with E-state index in [0.717, 1.165) is 36.7 Å². The molecular weight excluding hydrogens is 464 g/mol. The van der Waals surface area contributed by atoms with Gasteiger partial charge >= 0.3 is 0 Å². The van der Waals surface area contributed by atoms with E-state index in [1.165, 1.54) is 18.2 Å². The Bertz CT molecular complexity index is 1110. The lowest BCUT2D eigenvalue weighted by atomic mass is 10.1. The fourth-order valence-electron chi connectivity index (χ4n) is 4.20. The lowest BCUT2D eigenvalue weighted by Crippen LogP contribution is -2.33. The fourth-order valence-corrected chi connectivity index (χ4v) is 5.31. The molecule has 0 radical (unpaired) electrons. The van der Waals surface area contributed by atoms with E-state index in [1.807, 2.05) is 31.2 Å². The van der Waals surface area contributed by atoms with E-state index in [9.17, 15) is 14.4 Å². The Hall–Kier alpha value is -3.33. The van der Waals surface area contributed by atoms with Crippen molar-refractivity contribution in [3.05, 3.63) is 59.7 Å². The average Bonchev–Trinajstić information content (AvgIpc) is 3.24. The number of anilines is 1. The van der Waals surface area contributed by atoms with Crippen molar-refractivity contribution in [2.24, 2.45) is 4.99 Å². The number of aliphatic imine (C=N–C) groups is 1. The molecule has 2 aliphatic rings. The molecule has 0 aliphatic carbocycles. The number of hydrogen-bond donors (Lipinski definition) is 2. The molecule has 3 amide bonds. The first kappa shape index (κ1) is 24.8. The monoisotopic (exact) mass is 494 g/mol. The maximum atomic E-state index is 12.7. The van der Waals surface area contributed by atoms with Crippen LogP contribution in [-0.4, -0.2) is 53.2 Å². The molecule has 2 aromatic carbocycles. The van der Waals surface area contributed by atoms with Gasteiger partial charge in [-0.1, -0.05) is 30.0 Å². The Morgan fingerprint density at radius 3 is 2.54 bits per heavy atom. The molecule has 1 fully saturated rings. The van der Waals surface area contributed by atoms with Crippen molar-refractivity contribution < 1.29 is 19.1 Å². The summed E-state index contributed by atoms with van der Waals surface area (Å²) in [5.74, 6) is -0.0165. The predicted molar refractivity (Wildman–Crippen MR) is 138 cm³/mol. The molecule has 2 aromatic rings. The molecule has 9 heteroatoms. The van der Waals surface area contributed by atoms with Gasteiger partial charge in [-0.2, -0.15) is 4.99 Å². The van der Waals surface area contributed by atoms with E-state index in [1.54, 1.807) is 31.4 Å². The SMILES string of the molecule is COc1ccccc1[C@@H](C)NC(=O)c1ccc(NC(=O)C[C@@H]2SC(N3CCCCC3)=NC2=O)cc1. The predicted octanol–water partition coefficient (Wildman–Crippen LogP) is 4.00. The number of amides is 3. The van der Waals surface area contributed by atoms with Gasteiger partial charge in [-0.25, -0.2) is 0 Å². The molecule has 35 heavy (non-hydrogen) atoms. The zero-order chi connectivity index (χ0) is 24.8. The van der Waals surface area contributed by atoms with Gasteiger partial charge < -0.3 is 20.3 Å². The highest BCUT2D eigenvalue weighted by Crippen LogP contribution is 2.29. The molecule has 0 unspecified atom stereocenters. The van der Waals surface area contributed by atoms with Gasteiger partial charge in [-0.15, -0.1) is 0 Å². The first-order chi connectivity index (χ1) is 16.9. The summed E-state index contributed by atoms with van der Waals surface area (Å²) in [6.45, 7) is 3.72. The number of nitrogens with zero attached hydrogens (tertiary/aromatic N) is 2. The molecule has 0 spiro atoms. The summed E-state index contributed by atoms with van der Waals surface area (Å²) in [5, 5.41) is 6.03. The first-order valence-corrected chi connectivity index (χ1v) is 12.7. The zero-order valence-corrected chi connectivity index (χ0v) is 20.8. The van der Waals surface area contributed by atoms with Crippen LogP contribution >= 0.6 is 11.8 Å². The average molecular weight is 495 g/mol. The smallest absolute Gasteiger partial charge is 0.262 e. The van der Waals surface area contributed by atoms with Crippen molar-refractivity contribution in [3.63, 3.8) is 0 Å². The molecule has 8 nitrogen and oxygen atoms in total. The minimum atomic E-state index is -0.492. The second-order valence-electron chi connectivity index (χ2n) is 8.65. The number of para-hydroxylation sites is 1. The molecule has 1 saturated heterocycles. The normalized spacial score (nSPS) is 18.6. The molecule has 2 aliphatic heterocycles. The number of methoxy groups -OCH3 is 1. The summed E-state index contributed by atoms with van der Waals surface area (Å²) < 4.78 is 5.37. The summed E-state index contributed by atoms with van der Waals surface area (Å²) >= 11 is 1.38. The number of carbonyl (C=O) groups excluding carboxylic acids is 3. The lowest BCUT2D eigenvalue weighted by Gasteiger charge is -2.27. The number of rotatable bonds is 7. The van der Waals surface area contributed by atoms with Crippen molar-refractivity contribution in [1.82, 2.24) is 10.2 Å². The number of piperidine rings is 1. The van der Waals surface area contributed by atoms with Gasteiger partial charge in [0.25, 0.3) is 11.8 Å². The number of benzene rings is 2. The summed E-state index contributed by atoms with van der Waals surface area (Å²) in [6.07, 6.45) is 3.47.